The summed E-state index contributed by atoms with van der Waals surface area (Å²) in [5.74, 6) is 0. The molecule has 2 fully saturated rings. The molecule has 0 saturated carbocycles. The zero-order chi connectivity index (χ0) is 9.15. The van der Waals surface area contributed by atoms with Gasteiger partial charge in [-0.25, -0.2) is 0 Å². The standard InChI is InChI=1S/C10H21N3/c1-11-9-13-7-4-10(8-13)2-5-12-6-3-10/h11-12H,2-9H2,1H3. The summed E-state index contributed by atoms with van der Waals surface area (Å²) in [6, 6.07) is 0. The van der Waals surface area contributed by atoms with E-state index in [2.05, 4.69) is 15.5 Å². The second-order valence-electron chi connectivity index (χ2n) is 4.56. The summed E-state index contributed by atoms with van der Waals surface area (Å²) in [5.41, 5.74) is 0.669. The zero-order valence-corrected chi connectivity index (χ0v) is 8.60. The molecule has 13 heavy (non-hydrogen) atoms. The average molecular weight is 183 g/mol. The Bertz CT molecular complexity index is 164. The molecule has 2 saturated heterocycles. The Hall–Kier alpha value is -0.120. The van der Waals surface area contributed by atoms with Gasteiger partial charge in [0, 0.05) is 13.2 Å². The van der Waals surface area contributed by atoms with Crippen LogP contribution in [0, 0.1) is 5.41 Å². The Kier molecular flexibility index (Phi) is 2.86. The molecule has 2 heterocycles. The van der Waals surface area contributed by atoms with Crippen molar-refractivity contribution in [1.82, 2.24) is 15.5 Å². The van der Waals surface area contributed by atoms with Gasteiger partial charge in [0.1, 0.15) is 0 Å². The summed E-state index contributed by atoms with van der Waals surface area (Å²) < 4.78 is 0. The van der Waals surface area contributed by atoms with Crippen molar-refractivity contribution < 1.29 is 0 Å². The van der Waals surface area contributed by atoms with E-state index in [1.165, 1.54) is 45.4 Å². The molecular formula is C10H21N3. The highest BCUT2D eigenvalue weighted by Crippen LogP contribution is 2.37. The Morgan fingerprint density at radius 3 is 2.77 bits per heavy atom. The van der Waals surface area contributed by atoms with Crippen molar-refractivity contribution in [2.24, 2.45) is 5.41 Å². The van der Waals surface area contributed by atoms with Crippen LogP contribution >= 0.6 is 0 Å². The maximum Gasteiger partial charge on any atom is 0.0478 e. The van der Waals surface area contributed by atoms with Crippen LogP contribution in [0.1, 0.15) is 19.3 Å². The smallest absolute Gasteiger partial charge is 0.0478 e. The number of piperidine rings is 1. The van der Waals surface area contributed by atoms with Gasteiger partial charge >= 0.3 is 0 Å². The zero-order valence-electron chi connectivity index (χ0n) is 8.60. The lowest BCUT2D eigenvalue weighted by molar-refractivity contribution is 0.193. The van der Waals surface area contributed by atoms with Crippen LogP contribution in [0.2, 0.25) is 0 Å². The minimum atomic E-state index is 0.669. The summed E-state index contributed by atoms with van der Waals surface area (Å²) in [6.07, 6.45) is 4.18. The van der Waals surface area contributed by atoms with Crippen LogP contribution in [0.25, 0.3) is 0 Å². The molecule has 0 aliphatic carbocycles. The highest BCUT2D eigenvalue weighted by molar-refractivity contribution is 4.92. The second kappa shape index (κ2) is 3.95. The van der Waals surface area contributed by atoms with Crippen LogP contribution in [0.4, 0.5) is 0 Å². The van der Waals surface area contributed by atoms with Crippen LogP contribution in [-0.4, -0.2) is 44.8 Å². The molecule has 76 valence electrons. The largest absolute Gasteiger partial charge is 0.317 e. The van der Waals surface area contributed by atoms with Gasteiger partial charge in [-0.2, -0.15) is 0 Å². The van der Waals surface area contributed by atoms with Crippen LogP contribution in [0.3, 0.4) is 0 Å². The molecule has 2 aliphatic rings. The van der Waals surface area contributed by atoms with E-state index in [1.807, 2.05) is 7.05 Å². The molecule has 0 atom stereocenters. The van der Waals surface area contributed by atoms with Gasteiger partial charge in [-0.3, -0.25) is 4.90 Å². The van der Waals surface area contributed by atoms with Gasteiger partial charge in [-0.1, -0.05) is 0 Å². The molecule has 0 aromatic carbocycles. The van der Waals surface area contributed by atoms with E-state index in [1.54, 1.807) is 0 Å². The van der Waals surface area contributed by atoms with E-state index in [-0.39, 0.29) is 0 Å². The van der Waals surface area contributed by atoms with Crippen LogP contribution in [0.15, 0.2) is 0 Å². The third kappa shape index (κ3) is 2.03. The van der Waals surface area contributed by atoms with E-state index in [9.17, 15) is 0 Å². The van der Waals surface area contributed by atoms with Gasteiger partial charge in [0.15, 0.2) is 0 Å². The fourth-order valence-corrected chi connectivity index (χ4v) is 2.75. The summed E-state index contributed by atoms with van der Waals surface area (Å²) in [5, 5.41) is 6.69. The quantitative estimate of drug-likeness (QED) is 0.642. The van der Waals surface area contributed by atoms with Gasteiger partial charge < -0.3 is 10.6 Å². The first kappa shape index (κ1) is 9.44. The molecule has 2 N–H and O–H groups in total. The van der Waals surface area contributed by atoms with E-state index in [0.717, 1.165) is 6.67 Å². The average Bonchev–Trinajstić information content (AvgIpc) is 2.51. The summed E-state index contributed by atoms with van der Waals surface area (Å²) in [7, 11) is 2.04. The van der Waals surface area contributed by atoms with Gasteiger partial charge in [0.05, 0.1) is 0 Å². The third-order valence-electron chi connectivity index (χ3n) is 3.56. The first-order chi connectivity index (χ1) is 6.35. The van der Waals surface area contributed by atoms with Crippen molar-refractivity contribution in [2.45, 2.75) is 19.3 Å². The molecule has 1 spiro atoms. The lowest BCUT2D eigenvalue weighted by Gasteiger charge is -2.33. The minimum absolute atomic E-state index is 0.669. The number of hydrogen-bond donors (Lipinski definition) is 2. The van der Waals surface area contributed by atoms with E-state index in [4.69, 9.17) is 0 Å². The SMILES string of the molecule is CNCN1CCC2(CCNCC2)C1. The summed E-state index contributed by atoms with van der Waals surface area (Å²) in [6.45, 7) is 6.13. The third-order valence-corrected chi connectivity index (χ3v) is 3.56. The monoisotopic (exact) mass is 183 g/mol. The van der Waals surface area contributed by atoms with Gasteiger partial charge in [-0.15, -0.1) is 0 Å². The van der Waals surface area contributed by atoms with Gasteiger partial charge in [-0.05, 0) is 51.4 Å². The topological polar surface area (TPSA) is 27.3 Å². The van der Waals surface area contributed by atoms with E-state index in [0.29, 0.717) is 5.41 Å². The fraction of sp³-hybridized carbons (Fsp3) is 1.00. The van der Waals surface area contributed by atoms with Crippen LogP contribution < -0.4 is 10.6 Å². The first-order valence-electron chi connectivity index (χ1n) is 5.42. The minimum Gasteiger partial charge on any atom is -0.317 e. The van der Waals surface area contributed by atoms with Gasteiger partial charge in [0.2, 0.25) is 0 Å². The van der Waals surface area contributed by atoms with Crippen molar-refractivity contribution in [3.8, 4) is 0 Å². The van der Waals surface area contributed by atoms with Crippen LogP contribution in [-0.2, 0) is 0 Å². The lowest BCUT2D eigenvalue weighted by atomic mass is 9.78. The van der Waals surface area contributed by atoms with E-state index >= 15 is 0 Å². The maximum atomic E-state index is 3.45. The molecule has 0 amide bonds. The molecule has 0 aromatic rings. The van der Waals surface area contributed by atoms with Crippen molar-refractivity contribution in [3.63, 3.8) is 0 Å². The molecule has 3 nitrogen and oxygen atoms in total. The molecule has 0 bridgehead atoms. The molecule has 0 aromatic heterocycles. The summed E-state index contributed by atoms with van der Waals surface area (Å²) >= 11 is 0. The van der Waals surface area contributed by atoms with Crippen LogP contribution in [0.5, 0.6) is 0 Å². The van der Waals surface area contributed by atoms with Crippen molar-refractivity contribution in [3.05, 3.63) is 0 Å². The number of hydrogen-bond acceptors (Lipinski definition) is 3. The molecule has 2 rings (SSSR count). The Balaban J connectivity index is 1.87. The van der Waals surface area contributed by atoms with Crippen molar-refractivity contribution in [2.75, 3.05) is 39.9 Å². The normalized spacial score (nSPS) is 28.4. The molecule has 0 radical (unpaired) electrons. The molecular weight excluding hydrogens is 162 g/mol. The van der Waals surface area contributed by atoms with Crippen molar-refractivity contribution in [1.29, 1.82) is 0 Å². The van der Waals surface area contributed by atoms with E-state index < -0.39 is 0 Å². The first-order valence-corrected chi connectivity index (χ1v) is 5.42. The maximum absolute atomic E-state index is 3.45. The number of nitrogens with zero attached hydrogens (tertiary/aromatic N) is 1. The highest BCUT2D eigenvalue weighted by atomic mass is 15.2. The highest BCUT2D eigenvalue weighted by Gasteiger charge is 2.38. The Morgan fingerprint density at radius 1 is 1.31 bits per heavy atom. The fourth-order valence-electron chi connectivity index (χ4n) is 2.75. The molecule has 2 aliphatic heterocycles. The molecule has 3 heteroatoms. The summed E-state index contributed by atoms with van der Waals surface area (Å²) in [4.78, 5) is 2.55. The second-order valence-corrected chi connectivity index (χ2v) is 4.56. The molecule has 0 unspecified atom stereocenters. The van der Waals surface area contributed by atoms with Gasteiger partial charge in [0.25, 0.3) is 0 Å². The Morgan fingerprint density at radius 2 is 2.08 bits per heavy atom. The lowest BCUT2D eigenvalue weighted by Crippen LogP contribution is -2.39. The Labute approximate surface area is 80.9 Å². The number of nitrogens with one attached hydrogen (secondary N) is 2. The predicted molar refractivity (Wildman–Crippen MR) is 54.7 cm³/mol. The predicted octanol–water partition coefficient (Wildman–Crippen LogP) is 0.239. The number of likely N-dealkylation sites (tertiary alicyclic amines) is 1. The van der Waals surface area contributed by atoms with Crippen molar-refractivity contribution >= 4 is 0 Å². The number of rotatable bonds is 2.